The van der Waals surface area contributed by atoms with Crippen molar-refractivity contribution in [1.29, 1.82) is 0 Å². The minimum absolute atomic E-state index is 0.432. The molecular formula is C10H18B3NS. The zero-order chi connectivity index (χ0) is 11.6. The average Bonchev–Trinajstić information content (AvgIpc) is 2.63. The molecule has 1 aliphatic rings. The molecule has 0 saturated carbocycles. The Balaban J connectivity index is 2.82. The molecule has 0 bridgehead atoms. The molecule has 0 amide bonds. The summed E-state index contributed by atoms with van der Waals surface area (Å²) in [4.78, 5) is 3.29. The Hall–Kier alpha value is -0.305. The van der Waals surface area contributed by atoms with Crippen LogP contribution in [-0.4, -0.2) is 36.6 Å². The van der Waals surface area contributed by atoms with E-state index in [0.717, 1.165) is 19.4 Å². The second kappa shape index (κ2) is 5.15. The van der Waals surface area contributed by atoms with Crippen LogP contribution in [0.15, 0.2) is 12.2 Å². The molecule has 0 fully saturated rings. The van der Waals surface area contributed by atoms with Crippen molar-refractivity contribution in [3.63, 3.8) is 0 Å². The summed E-state index contributed by atoms with van der Waals surface area (Å²) in [5.41, 5.74) is 2.46. The van der Waals surface area contributed by atoms with Gasteiger partial charge in [0.15, 0.2) is 0 Å². The third-order valence-electron chi connectivity index (χ3n) is 2.77. The van der Waals surface area contributed by atoms with Gasteiger partial charge in [-0.15, -0.1) is 0 Å². The quantitative estimate of drug-likeness (QED) is 0.511. The van der Waals surface area contributed by atoms with Gasteiger partial charge in [0.05, 0.1) is 0 Å². The molecule has 1 aliphatic heterocycles. The summed E-state index contributed by atoms with van der Waals surface area (Å²) in [6, 6.07) is 0. The normalized spacial score (nSPS) is 14.5. The van der Waals surface area contributed by atoms with E-state index in [-0.39, 0.29) is 0 Å². The number of thiocarbonyl (C=S) groups is 1. The first-order chi connectivity index (χ1) is 6.95. The van der Waals surface area contributed by atoms with Crippen LogP contribution >= 0.6 is 12.2 Å². The third-order valence-corrected chi connectivity index (χ3v) is 3.46. The Bertz CT molecular complexity index is 310. The van der Waals surface area contributed by atoms with Crippen molar-refractivity contribution in [2.45, 2.75) is 27.7 Å². The van der Waals surface area contributed by atoms with Gasteiger partial charge in [0.1, 0.15) is 0 Å². The Morgan fingerprint density at radius 2 is 1.93 bits per heavy atom. The van der Waals surface area contributed by atoms with Crippen LogP contribution in [0.25, 0.3) is 0 Å². The van der Waals surface area contributed by atoms with Gasteiger partial charge in [-0.3, -0.25) is 0 Å². The summed E-state index contributed by atoms with van der Waals surface area (Å²) in [6.45, 7) is 15.1. The van der Waals surface area contributed by atoms with Gasteiger partial charge < -0.3 is 0 Å². The zero-order valence-corrected chi connectivity index (χ0v) is 11.0. The van der Waals surface area contributed by atoms with Gasteiger partial charge >= 0.3 is 100 Å². The van der Waals surface area contributed by atoms with Gasteiger partial charge in [-0.25, -0.2) is 0 Å². The summed E-state index contributed by atoms with van der Waals surface area (Å²) in [5.74, 6) is 0.924. The molecule has 5 heteroatoms. The molecule has 0 saturated heterocycles. The van der Waals surface area contributed by atoms with Crippen LogP contribution in [0, 0.1) is 11.8 Å². The molecule has 78 valence electrons. The molecule has 0 aliphatic carbocycles. The standard InChI is InChI=1S/C10H18B3NS/c1-6(2)8(5)9-11-12-13-14(9)10(15)7(3)4/h6-7,12-13H,5H2,1-4H3. The molecular weight excluding hydrogens is 199 g/mol. The van der Waals surface area contributed by atoms with Gasteiger partial charge in [0, 0.05) is 0 Å². The molecule has 1 heterocycles. The molecule has 0 aromatic heterocycles. The van der Waals surface area contributed by atoms with Crippen molar-refractivity contribution in [2.75, 3.05) is 0 Å². The van der Waals surface area contributed by atoms with Crippen LogP contribution in [0.1, 0.15) is 27.7 Å². The van der Waals surface area contributed by atoms with Crippen molar-refractivity contribution in [3.8, 4) is 0 Å². The Morgan fingerprint density at radius 1 is 1.33 bits per heavy atom. The van der Waals surface area contributed by atoms with Crippen molar-refractivity contribution in [3.05, 3.63) is 12.2 Å². The zero-order valence-electron chi connectivity index (χ0n) is 10.2. The van der Waals surface area contributed by atoms with Crippen molar-refractivity contribution in [2.24, 2.45) is 11.8 Å². The second-order valence-corrected chi connectivity index (χ2v) is 5.12. The molecule has 1 rings (SSSR count). The summed E-state index contributed by atoms with van der Waals surface area (Å²) in [7, 11) is 2.12. The molecule has 0 spiro atoms. The fraction of sp³-hybridized carbons (Fsp3) is 0.600. The van der Waals surface area contributed by atoms with Crippen LogP contribution < -0.4 is 0 Å². The summed E-state index contributed by atoms with van der Waals surface area (Å²) in [5, 5.41) is 0. The predicted molar refractivity (Wildman–Crippen MR) is 78.3 cm³/mol. The van der Waals surface area contributed by atoms with E-state index in [2.05, 4.69) is 45.9 Å². The molecule has 0 radical (unpaired) electrons. The fourth-order valence-corrected chi connectivity index (χ4v) is 1.89. The van der Waals surface area contributed by atoms with E-state index < -0.39 is 0 Å². The molecule has 0 aromatic rings. The number of rotatable bonds is 3. The third kappa shape index (κ3) is 2.84. The number of hydrogen-bond acceptors (Lipinski definition) is 1. The van der Waals surface area contributed by atoms with E-state index in [4.69, 9.17) is 12.2 Å². The van der Waals surface area contributed by atoms with Gasteiger partial charge in [-0.05, 0) is 0 Å². The summed E-state index contributed by atoms with van der Waals surface area (Å²) < 4.78 is 0. The van der Waals surface area contributed by atoms with E-state index in [1.165, 1.54) is 11.2 Å². The number of nitrogens with zero attached hydrogens (tertiary/aromatic N) is 1. The number of hydrogen-bond donors (Lipinski definition) is 0. The Labute approximate surface area is 101 Å². The Kier molecular flexibility index (Phi) is 4.38. The van der Waals surface area contributed by atoms with Crippen LogP contribution in [0.4, 0.5) is 0 Å². The molecule has 0 unspecified atom stereocenters. The van der Waals surface area contributed by atoms with Gasteiger partial charge in [0.2, 0.25) is 0 Å². The predicted octanol–water partition coefficient (Wildman–Crippen LogP) is 0.950. The van der Waals surface area contributed by atoms with Crippen molar-refractivity contribution in [1.82, 2.24) is 4.81 Å². The van der Waals surface area contributed by atoms with E-state index in [9.17, 15) is 0 Å². The first-order valence-corrected chi connectivity index (χ1v) is 6.06. The first-order valence-electron chi connectivity index (χ1n) is 5.65. The average molecular weight is 217 g/mol. The topological polar surface area (TPSA) is 3.24 Å². The van der Waals surface area contributed by atoms with E-state index in [1.54, 1.807) is 0 Å². The van der Waals surface area contributed by atoms with Gasteiger partial charge in [0.25, 0.3) is 0 Å². The molecule has 0 aromatic carbocycles. The second-order valence-electron chi connectivity index (χ2n) is 4.70. The van der Waals surface area contributed by atoms with E-state index >= 15 is 0 Å². The van der Waals surface area contributed by atoms with Crippen molar-refractivity contribution >= 4 is 44.0 Å². The molecule has 0 atom stereocenters. The monoisotopic (exact) mass is 217 g/mol. The fourth-order valence-electron chi connectivity index (χ4n) is 1.70. The van der Waals surface area contributed by atoms with Crippen LogP contribution in [0.5, 0.6) is 0 Å². The van der Waals surface area contributed by atoms with E-state index in [1.807, 2.05) is 0 Å². The maximum atomic E-state index is 5.46. The Morgan fingerprint density at radius 3 is 2.40 bits per heavy atom. The van der Waals surface area contributed by atoms with Crippen LogP contribution in [-0.2, 0) is 0 Å². The summed E-state index contributed by atoms with van der Waals surface area (Å²) >= 11 is 5.46. The molecule has 1 nitrogen and oxygen atoms in total. The van der Waals surface area contributed by atoms with Gasteiger partial charge in [-0.2, -0.15) is 0 Å². The summed E-state index contributed by atoms with van der Waals surface area (Å²) in [6.07, 6.45) is 0. The van der Waals surface area contributed by atoms with Crippen molar-refractivity contribution < 1.29 is 0 Å². The first kappa shape index (κ1) is 12.8. The molecule has 0 N–H and O–H groups in total. The van der Waals surface area contributed by atoms with E-state index in [0.29, 0.717) is 11.8 Å². The molecule has 15 heavy (non-hydrogen) atoms. The van der Waals surface area contributed by atoms with Gasteiger partial charge in [-0.1, -0.05) is 0 Å². The SMILES string of the molecule is C=C(C1=BBBN1C(=S)C(C)C)C(C)C. The minimum atomic E-state index is 0.432. The van der Waals surface area contributed by atoms with Crippen LogP contribution in [0.2, 0.25) is 0 Å². The van der Waals surface area contributed by atoms with Crippen LogP contribution in [0.3, 0.4) is 0 Å². The maximum absolute atomic E-state index is 5.46.